The zero-order chi connectivity index (χ0) is 14.1. The molecule has 1 aliphatic heterocycles. The molecule has 5 nitrogen and oxygen atoms in total. The molecule has 1 aromatic rings. The summed E-state index contributed by atoms with van der Waals surface area (Å²) in [5, 5.41) is 13.6. The summed E-state index contributed by atoms with van der Waals surface area (Å²) in [6.07, 6.45) is 4.82. The van der Waals surface area contributed by atoms with Gasteiger partial charge in [0.2, 0.25) is 5.91 Å². The average Bonchev–Trinajstić information content (AvgIpc) is 3.03. The quantitative estimate of drug-likeness (QED) is 0.862. The Bertz CT molecular complexity index is 479. The summed E-state index contributed by atoms with van der Waals surface area (Å²) in [6, 6.07) is -0.246. The van der Waals surface area contributed by atoms with Crippen molar-refractivity contribution < 1.29 is 9.90 Å². The van der Waals surface area contributed by atoms with Crippen LogP contribution in [-0.4, -0.2) is 46.6 Å². The lowest BCUT2D eigenvalue weighted by molar-refractivity contribution is -0.132. The van der Waals surface area contributed by atoms with Crippen LogP contribution in [0.25, 0.3) is 0 Å². The van der Waals surface area contributed by atoms with E-state index in [1.54, 1.807) is 16.2 Å². The van der Waals surface area contributed by atoms with Crippen molar-refractivity contribution in [1.29, 1.82) is 0 Å². The summed E-state index contributed by atoms with van der Waals surface area (Å²) in [6.45, 7) is 1.08. The minimum absolute atomic E-state index is 0.0507. The van der Waals surface area contributed by atoms with Crippen LogP contribution in [0.2, 0.25) is 0 Å². The van der Waals surface area contributed by atoms with Gasteiger partial charge in [-0.3, -0.25) is 4.79 Å². The van der Waals surface area contributed by atoms with Gasteiger partial charge in [0.05, 0.1) is 24.4 Å². The Kier molecular flexibility index (Phi) is 4.05. The van der Waals surface area contributed by atoms with Crippen LogP contribution in [0, 0.1) is 0 Å². The van der Waals surface area contributed by atoms with E-state index in [-0.39, 0.29) is 11.9 Å². The molecule has 2 unspecified atom stereocenters. The molecule has 1 saturated heterocycles. The molecule has 20 heavy (non-hydrogen) atoms. The number of nitrogens with one attached hydrogen (secondary N) is 1. The van der Waals surface area contributed by atoms with E-state index in [1.807, 2.05) is 7.05 Å². The Morgan fingerprint density at radius 3 is 3.00 bits per heavy atom. The minimum atomic E-state index is -0.399. The first-order valence-corrected chi connectivity index (χ1v) is 8.09. The van der Waals surface area contributed by atoms with E-state index in [4.69, 9.17) is 0 Å². The van der Waals surface area contributed by atoms with Gasteiger partial charge in [0.1, 0.15) is 5.01 Å². The van der Waals surface area contributed by atoms with Crippen molar-refractivity contribution in [2.24, 2.45) is 0 Å². The van der Waals surface area contributed by atoms with E-state index in [1.165, 1.54) is 23.4 Å². The number of aliphatic hydroxyl groups is 1. The monoisotopic (exact) mass is 295 g/mol. The van der Waals surface area contributed by atoms with Crippen molar-refractivity contribution in [3.05, 3.63) is 15.6 Å². The number of fused-ring (bicyclic) bond motifs is 1. The Labute approximate surface area is 123 Å². The highest BCUT2D eigenvalue weighted by Gasteiger charge is 2.30. The summed E-state index contributed by atoms with van der Waals surface area (Å²) in [5.74, 6) is 0.0507. The number of hydrogen-bond acceptors (Lipinski definition) is 5. The molecular weight excluding hydrogens is 274 g/mol. The average molecular weight is 295 g/mol. The van der Waals surface area contributed by atoms with Crippen LogP contribution in [0.1, 0.15) is 34.8 Å². The Morgan fingerprint density at radius 1 is 1.50 bits per heavy atom. The van der Waals surface area contributed by atoms with E-state index >= 15 is 0 Å². The van der Waals surface area contributed by atoms with Gasteiger partial charge < -0.3 is 15.3 Å². The molecule has 1 aromatic heterocycles. The second-order valence-corrected chi connectivity index (χ2v) is 6.90. The first kappa shape index (κ1) is 14.0. The lowest BCUT2D eigenvalue weighted by Gasteiger charge is -2.19. The standard InChI is InChI=1S/C14H21N3O2S/c1-17(14(19)11-6-9(18)7-15-11)8-13-16-10-4-2-3-5-12(10)20-13/h9,11,15,18H,2-8H2,1H3. The summed E-state index contributed by atoms with van der Waals surface area (Å²) >= 11 is 1.75. The van der Waals surface area contributed by atoms with Crippen molar-refractivity contribution in [1.82, 2.24) is 15.2 Å². The van der Waals surface area contributed by atoms with E-state index in [0.717, 1.165) is 17.8 Å². The fourth-order valence-electron chi connectivity index (χ4n) is 2.93. The third kappa shape index (κ3) is 2.87. The molecule has 0 spiro atoms. The van der Waals surface area contributed by atoms with Crippen LogP contribution in [0.4, 0.5) is 0 Å². The fourth-order valence-corrected chi connectivity index (χ4v) is 4.14. The molecule has 6 heteroatoms. The first-order valence-electron chi connectivity index (χ1n) is 7.27. The summed E-state index contributed by atoms with van der Waals surface area (Å²) in [7, 11) is 1.81. The number of carbonyl (C=O) groups excluding carboxylic acids is 1. The highest BCUT2D eigenvalue weighted by atomic mass is 32.1. The Balaban J connectivity index is 1.62. The van der Waals surface area contributed by atoms with Crippen molar-refractivity contribution in [2.45, 2.75) is 50.8 Å². The maximum Gasteiger partial charge on any atom is 0.239 e. The van der Waals surface area contributed by atoms with Crippen LogP contribution < -0.4 is 5.32 Å². The summed E-state index contributed by atoms with van der Waals surface area (Å²) in [4.78, 5) is 20.1. The normalized spacial score (nSPS) is 25.5. The number of thiazole rings is 1. The zero-order valence-electron chi connectivity index (χ0n) is 11.8. The fraction of sp³-hybridized carbons (Fsp3) is 0.714. The SMILES string of the molecule is CN(Cc1nc2c(s1)CCCC2)C(=O)C1CC(O)CN1. The number of hydrogen-bond donors (Lipinski definition) is 2. The molecule has 3 rings (SSSR count). The summed E-state index contributed by atoms with van der Waals surface area (Å²) < 4.78 is 0. The van der Waals surface area contributed by atoms with E-state index in [9.17, 15) is 9.90 Å². The number of likely N-dealkylation sites (N-methyl/N-ethyl adjacent to an activating group) is 1. The smallest absolute Gasteiger partial charge is 0.239 e. The van der Waals surface area contributed by atoms with Crippen LogP contribution in [0.5, 0.6) is 0 Å². The van der Waals surface area contributed by atoms with E-state index < -0.39 is 6.10 Å². The van der Waals surface area contributed by atoms with Gasteiger partial charge in [-0.05, 0) is 32.1 Å². The van der Waals surface area contributed by atoms with Gasteiger partial charge in [-0.15, -0.1) is 11.3 Å². The molecule has 2 atom stereocenters. The molecule has 0 saturated carbocycles. The van der Waals surface area contributed by atoms with E-state index in [2.05, 4.69) is 10.3 Å². The van der Waals surface area contributed by atoms with Gasteiger partial charge in [-0.25, -0.2) is 4.98 Å². The van der Waals surface area contributed by atoms with Crippen molar-refractivity contribution >= 4 is 17.2 Å². The third-order valence-corrected chi connectivity index (χ3v) is 5.19. The number of aliphatic hydroxyl groups excluding tert-OH is 1. The van der Waals surface area contributed by atoms with E-state index in [0.29, 0.717) is 19.5 Å². The first-order chi connectivity index (χ1) is 9.63. The zero-order valence-corrected chi connectivity index (χ0v) is 12.6. The molecule has 1 amide bonds. The van der Waals surface area contributed by atoms with Crippen molar-refractivity contribution in [2.75, 3.05) is 13.6 Å². The highest BCUT2D eigenvalue weighted by molar-refractivity contribution is 7.11. The van der Waals surface area contributed by atoms with Crippen LogP contribution >= 0.6 is 11.3 Å². The molecule has 0 bridgehead atoms. The molecule has 2 aliphatic rings. The van der Waals surface area contributed by atoms with Gasteiger partial charge in [0.25, 0.3) is 0 Å². The highest BCUT2D eigenvalue weighted by Crippen LogP contribution is 2.27. The Morgan fingerprint density at radius 2 is 2.30 bits per heavy atom. The van der Waals surface area contributed by atoms with Crippen LogP contribution in [0.3, 0.4) is 0 Å². The maximum atomic E-state index is 12.3. The number of nitrogens with zero attached hydrogens (tertiary/aromatic N) is 2. The van der Waals surface area contributed by atoms with Crippen molar-refractivity contribution in [3.8, 4) is 0 Å². The predicted octanol–water partition coefficient (Wildman–Crippen LogP) is 0.703. The maximum absolute atomic E-state index is 12.3. The molecule has 2 heterocycles. The third-order valence-electron chi connectivity index (χ3n) is 4.04. The molecule has 1 fully saturated rings. The van der Waals surface area contributed by atoms with Crippen LogP contribution in [0.15, 0.2) is 0 Å². The van der Waals surface area contributed by atoms with Gasteiger partial charge in [0, 0.05) is 18.5 Å². The molecule has 110 valence electrons. The topological polar surface area (TPSA) is 65.5 Å². The molecule has 0 aromatic carbocycles. The molecular formula is C14H21N3O2S. The van der Waals surface area contributed by atoms with Gasteiger partial charge in [-0.2, -0.15) is 0 Å². The molecule has 1 aliphatic carbocycles. The lowest BCUT2D eigenvalue weighted by Crippen LogP contribution is -2.41. The number of carbonyl (C=O) groups is 1. The van der Waals surface area contributed by atoms with Gasteiger partial charge in [0.15, 0.2) is 0 Å². The number of amides is 1. The number of β-amino-alcohol motifs (C(OH)–C–C–N with tert-alkyl or cyclic N) is 1. The number of rotatable bonds is 3. The van der Waals surface area contributed by atoms with Gasteiger partial charge in [-0.1, -0.05) is 0 Å². The second-order valence-electron chi connectivity index (χ2n) is 5.73. The number of aromatic nitrogens is 1. The predicted molar refractivity (Wildman–Crippen MR) is 77.6 cm³/mol. The largest absolute Gasteiger partial charge is 0.392 e. The lowest BCUT2D eigenvalue weighted by atomic mass is 10.0. The summed E-state index contributed by atoms with van der Waals surface area (Å²) in [5.41, 5.74) is 1.24. The molecule has 2 N–H and O–H groups in total. The van der Waals surface area contributed by atoms with Crippen molar-refractivity contribution in [3.63, 3.8) is 0 Å². The molecule has 0 radical (unpaired) electrons. The van der Waals surface area contributed by atoms with Gasteiger partial charge >= 0.3 is 0 Å². The Hall–Kier alpha value is -0.980. The van der Waals surface area contributed by atoms with Crippen LogP contribution in [-0.2, 0) is 24.2 Å². The second kappa shape index (κ2) is 5.79. The minimum Gasteiger partial charge on any atom is -0.392 e. The number of aryl methyl sites for hydroxylation is 2.